The minimum absolute atomic E-state index is 0.0563. The number of benzene rings is 2. The van der Waals surface area contributed by atoms with Gasteiger partial charge in [-0.05, 0) is 30.5 Å². The van der Waals surface area contributed by atoms with E-state index in [-0.39, 0.29) is 17.9 Å². The van der Waals surface area contributed by atoms with E-state index in [9.17, 15) is 4.79 Å². The third kappa shape index (κ3) is 3.29. The standard InChI is InChI=1S/C21H23N3O/c25-21(24-20(11-14-22-24)17-7-3-1-4-8-17)18-12-15-23(16-13-18)19-9-5-2-6-10-19/h1-10,14,18,20H,11-13,15-16H2. The van der Waals surface area contributed by atoms with E-state index in [4.69, 9.17) is 0 Å². The molecule has 2 aromatic carbocycles. The molecule has 0 spiro atoms. The molecule has 25 heavy (non-hydrogen) atoms. The maximum Gasteiger partial charge on any atom is 0.246 e. The van der Waals surface area contributed by atoms with Crippen molar-refractivity contribution in [3.63, 3.8) is 0 Å². The first-order valence-electron chi connectivity index (χ1n) is 9.03. The highest BCUT2D eigenvalue weighted by Gasteiger charge is 2.34. The SMILES string of the molecule is O=C(C1CCN(c2ccccc2)CC1)N1N=CCC1c1ccccc1. The van der Waals surface area contributed by atoms with Crippen molar-refractivity contribution in [2.75, 3.05) is 18.0 Å². The molecule has 2 aliphatic rings. The zero-order valence-electron chi connectivity index (χ0n) is 14.3. The lowest BCUT2D eigenvalue weighted by Crippen LogP contribution is -2.41. The molecule has 0 N–H and O–H groups in total. The van der Waals surface area contributed by atoms with Crippen molar-refractivity contribution in [3.8, 4) is 0 Å². The van der Waals surface area contributed by atoms with Crippen LogP contribution in [0.2, 0.25) is 0 Å². The molecule has 0 aliphatic carbocycles. The van der Waals surface area contributed by atoms with Crippen LogP contribution in [0.3, 0.4) is 0 Å². The summed E-state index contributed by atoms with van der Waals surface area (Å²) in [6.07, 6.45) is 4.45. The summed E-state index contributed by atoms with van der Waals surface area (Å²) in [7, 11) is 0. The van der Waals surface area contributed by atoms with Gasteiger partial charge >= 0.3 is 0 Å². The van der Waals surface area contributed by atoms with E-state index in [2.05, 4.69) is 46.4 Å². The van der Waals surface area contributed by atoms with Crippen molar-refractivity contribution in [2.45, 2.75) is 25.3 Å². The van der Waals surface area contributed by atoms with Crippen molar-refractivity contribution in [2.24, 2.45) is 11.0 Å². The maximum absolute atomic E-state index is 13.0. The van der Waals surface area contributed by atoms with Crippen molar-refractivity contribution >= 4 is 17.8 Å². The first kappa shape index (κ1) is 15.9. The predicted octanol–water partition coefficient (Wildman–Crippen LogP) is 3.86. The van der Waals surface area contributed by atoms with Gasteiger partial charge in [-0.2, -0.15) is 5.10 Å². The summed E-state index contributed by atoms with van der Waals surface area (Å²) in [5.41, 5.74) is 2.41. The molecular formula is C21H23N3O. The molecule has 0 bridgehead atoms. The fourth-order valence-corrected chi connectivity index (χ4v) is 3.79. The van der Waals surface area contributed by atoms with Gasteiger partial charge in [-0.1, -0.05) is 48.5 Å². The Morgan fingerprint density at radius 1 is 0.920 bits per heavy atom. The monoisotopic (exact) mass is 333 g/mol. The number of hydrogen-bond donors (Lipinski definition) is 0. The molecule has 1 saturated heterocycles. The Balaban J connectivity index is 1.41. The van der Waals surface area contributed by atoms with Crippen LogP contribution in [0.25, 0.3) is 0 Å². The van der Waals surface area contributed by atoms with E-state index in [1.807, 2.05) is 30.5 Å². The summed E-state index contributed by atoms with van der Waals surface area (Å²) < 4.78 is 0. The van der Waals surface area contributed by atoms with E-state index in [1.165, 1.54) is 5.69 Å². The van der Waals surface area contributed by atoms with E-state index in [1.54, 1.807) is 5.01 Å². The first-order chi connectivity index (χ1) is 12.3. The molecule has 0 radical (unpaired) electrons. The predicted molar refractivity (Wildman–Crippen MR) is 101 cm³/mol. The number of anilines is 1. The second kappa shape index (κ2) is 7.09. The van der Waals surface area contributed by atoms with Crippen LogP contribution in [0.1, 0.15) is 30.9 Å². The fraction of sp³-hybridized carbons (Fsp3) is 0.333. The number of amides is 1. The Morgan fingerprint density at radius 3 is 2.24 bits per heavy atom. The molecule has 1 unspecified atom stereocenters. The minimum Gasteiger partial charge on any atom is -0.371 e. The van der Waals surface area contributed by atoms with Gasteiger partial charge < -0.3 is 4.90 Å². The second-order valence-electron chi connectivity index (χ2n) is 6.74. The average molecular weight is 333 g/mol. The fourth-order valence-electron chi connectivity index (χ4n) is 3.79. The van der Waals surface area contributed by atoms with Crippen LogP contribution >= 0.6 is 0 Å². The number of rotatable bonds is 3. The summed E-state index contributed by atoms with van der Waals surface area (Å²) in [4.78, 5) is 15.4. The van der Waals surface area contributed by atoms with Gasteiger partial charge in [0, 0.05) is 37.3 Å². The van der Waals surface area contributed by atoms with Crippen molar-refractivity contribution in [1.29, 1.82) is 0 Å². The van der Waals surface area contributed by atoms with Gasteiger partial charge in [0.05, 0.1) is 6.04 Å². The number of hydrazone groups is 1. The lowest BCUT2D eigenvalue weighted by atomic mass is 9.94. The summed E-state index contributed by atoms with van der Waals surface area (Å²) in [6, 6.07) is 20.7. The molecule has 2 heterocycles. The molecule has 0 aromatic heterocycles. The van der Waals surface area contributed by atoms with Crippen molar-refractivity contribution in [3.05, 3.63) is 66.2 Å². The molecule has 0 saturated carbocycles. The van der Waals surface area contributed by atoms with Crippen LogP contribution in [0.5, 0.6) is 0 Å². The van der Waals surface area contributed by atoms with Gasteiger partial charge in [0.25, 0.3) is 0 Å². The third-order valence-corrected chi connectivity index (χ3v) is 5.21. The molecular weight excluding hydrogens is 310 g/mol. The highest BCUT2D eigenvalue weighted by atomic mass is 16.2. The quantitative estimate of drug-likeness (QED) is 0.855. The average Bonchev–Trinajstić information content (AvgIpc) is 3.19. The molecule has 2 aromatic rings. The van der Waals surface area contributed by atoms with E-state index in [0.29, 0.717) is 0 Å². The molecule has 1 fully saturated rings. The molecule has 1 amide bonds. The number of piperidine rings is 1. The molecule has 1 atom stereocenters. The molecule has 2 aliphatic heterocycles. The second-order valence-corrected chi connectivity index (χ2v) is 6.74. The maximum atomic E-state index is 13.0. The van der Waals surface area contributed by atoms with Gasteiger partial charge in [-0.3, -0.25) is 4.79 Å². The van der Waals surface area contributed by atoms with E-state index < -0.39 is 0 Å². The lowest BCUT2D eigenvalue weighted by molar-refractivity contribution is -0.138. The summed E-state index contributed by atoms with van der Waals surface area (Å²) in [5.74, 6) is 0.247. The van der Waals surface area contributed by atoms with E-state index in [0.717, 1.165) is 37.9 Å². The van der Waals surface area contributed by atoms with Crippen LogP contribution in [0, 0.1) is 5.92 Å². The number of para-hydroxylation sites is 1. The molecule has 128 valence electrons. The lowest BCUT2D eigenvalue weighted by Gasteiger charge is -2.35. The summed E-state index contributed by atoms with van der Waals surface area (Å²) in [6.45, 7) is 1.85. The molecule has 4 nitrogen and oxygen atoms in total. The Hall–Kier alpha value is -2.62. The number of carbonyl (C=O) groups excluding carboxylic acids is 1. The van der Waals surface area contributed by atoms with Crippen molar-refractivity contribution in [1.82, 2.24) is 5.01 Å². The number of carbonyl (C=O) groups is 1. The van der Waals surface area contributed by atoms with Crippen molar-refractivity contribution < 1.29 is 4.79 Å². The third-order valence-electron chi connectivity index (χ3n) is 5.21. The zero-order valence-corrected chi connectivity index (χ0v) is 14.3. The highest BCUT2D eigenvalue weighted by molar-refractivity contribution is 5.82. The van der Waals surface area contributed by atoms with E-state index >= 15 is 0 Å². The molecule has 4 heteroatoms. The Morgan fingerprint density at radius 2 is 1.56 bits per heavy atom. The van der Waals surface area contributed by atoms with Gasteiger partial charge in [0.1, 0.15) is 0 Å². The summed E-state index contributed by atoms with van der Waals surface area (Å²) in [5, 5.41) is 6.11. The largest absolute Gasteiger partial charge is 0.371 e. The highest BCUT2D eigenvalue weighted by Crippen LogP contribution is 2.32. The Labute approximate surface area is 148 Å². The van der Waals surface area contributed by atoms with Crippen LogP contribution < -0.4 is 4.90 Å². The minimum atomic E-state index is 0.0563. The van der Waals surface area contributed by atoms with Crippen LogP contribution in [-0.4, -0.2) is 30.2 Å². The summed E-state index contributed by atoms with van der Waals surface area (Å²) >= 11 is 0. The van der Waals surface area contributed by atoms with Crippen LogP contribution in [0.4, 0.5) is 5.69 Å². The van der Waals surface area contributed by atoms with Gasteiger partial charge in [-0.15, -0.1) is 0 Å². The smallest absolute Gasteiger partial charge is 0.246 e. The van der Waals surface area contributed by atoms with Gasteiger partial charge in [0.15, 0.2) is 0 Å². The first-order valence-corrected chi connectivity index (χ1v) is 9.03. The molecule has 4 rings (SSSR count). The Bertz CT molecular complexity index is 736. The van der Waals surface area contributed by atoms with Crippen LogP contribution in [0.15, 0.2) is 65.8 Å². The van der Waals surface area contributed by atoms with Gasteiger partial charge in [-0.25, -0.2) is 5.01 Å². The topological polar surface area (TPSA) is 35.9 Å². The number of nitrogens with zero attached hydrogens (tertiary/aromatic N) is 3. The van der Waals surface area contributed by atoms with Crippen LogP contribution in [-0.2, 0) is 4.79 Å². The normalized spacial score (nSPS) is 20.9. The Kier molecular flexibility index (Phi) is 4.51. The number of hydrogen-bond acceptors (Lipinski definition) is 3. The zero-order chi connectivity index (χ0) is 17.1. The van der Waals surface area contributed by atoms with Gasteiger partial charge in [0.2, 0.25) is 5.91 Å².